The number of aryl methyl sites for hydroxylation is 2. The summed E-state index contributed by atoms with van der Waals surface area (Å²) in [5, 5.41) is 7.07. The number of hydrogen-bond donors (Lipinski definition) is 1. The summed E-state index contributed by atoms with van der Waals surface area (Å²) in [6, 6.07) is 9.66. The fourth-order valence-electron chi connectivity index (χ4n) is 2.46. The van der Waals surface area contributed by atoms with E-state index in [1.54, 1.807) is 13.8 Å². The molecule has 0 saturated carbocycles. The van der Waals surface area contributed by atoms with E-state index in [1.807, 2.05) is 0 Å². The summed E-state index contributed by atoms with van der Waals surface area (Å²) in [5.74, 6) is -1.21. The average molecular weight is 362 g/mol. The summed E-state index contributed by atoms with van der Waals surface area (Å²) in [5.41, 5.74) is 2.23. The average Bonchev–Trinajstić information content (AvgIpc) is 2.85. The number of carbonyl (C=O) groups excluding carboxylic acids is 1. The van der Waals surface area contributed by atoms with Gasteiger partial charge in [0.1, 0.15) is 22.4 Å². The zero-order valence-electron chi connectivity index (χ0n) is 13.5. The van der Waals surface area contributed by atoms with Crippen LogP contribution in [0.2, 0.25) is 5.15 Å². The lowest BCUT2D eigenvalue weighted by Crippen LogP contribution is -2.14. The molecule has 4 nitrogen and oxygen atoms in total. The van der Waals surface area contributed by atoms with Crippen LogP contribution in [0.4, 0.5) is 14.5 Å². The Labute approximate surface area is 148 Å². The Morgan fingerprint density at radius 2 is 1.72 bits per heavy atom. The first-order chi connectivity index (χ1) is 11.9. The van der Waals surface area contributed by atoms with Crippen molar-refractivity contribution in [2.45, 2.75) is 13.8 Å². The molecule has 1 heterocycles. The number of halogens is 3. The zero-order valence-corrected chi connectivity index (χ0v) is 14.2. The van der Waals surface area contributed by atoms with Crippen LogP contribution in [0.15, 0.2) is 42.5 Å². The molecule has 0 fully saturated rings. The van der Waals surface area contributed by atoms with Crippen LogP contribution in [0.5, 0.6) is 0 Å². The van der Waals surface area contributed by atoms with Gasteiger partial charge in [0.15, 0.2) is 0 Å². The van der Waals surface area contributed by atoms with Crippen molar-refractivity contribution in [1.29, 1.82) is 0 Å². The van der Waals surface area contributed by atoms with E-state index in [4.69, 9.17) is 11.6 Å². The molecular formula is C18H14ClF2N3O. The summed E-state index contributed by atoms with van der Waals surface area (Å²) in [6.45, 7) is 3.34. The van der Waals surface area contributed by atoms with Gasteiger partial charge in [-0.05, 0) is 61.9 Å². The molecular weight excluding hydrogens is 348 g/mol. The third-order valence-corrected chi connectivity index (χ3v) is 4.09. The van der Waals surface area contributed by atoms with Crippen molar-refractivity contribution >= 4 is 23.2 Å². The topological polar surface area (TPSA) is 46.9 Å². The maximum absolute atomic E-state index is 13.2. The number of benzene rings is 2. The predicted octanol–water partition coefficient (Wildman–Crippen LogP) is 4.67. The highest BCUT2D eigenvalue weighted by Gasteiger charge is 2.21. The Bertz CT molecular complexity index is 952. The third-order valence-electron chi connectivity index (χ3n) is 3.74. The third kappa shape index (κ3) is 3.39. The van der Waals surface area contributed by atoms with Crippen LogP contribution < -0.4 is 5.32 Å². The molecule has 1 N–H and O–H groups in total. The van der Waals surface area contributed by atoms with Crippen molar-refractivity contribution in [3.63, 3.8) is 0 Å². The lowest BCUT2D eigenvalue weighted by molar-refractivity contribution is 0.102. The van der Waals surface area contributed by atoms with Gasteiger partial charge >= 0.3 is 0 Å². The lowest BCUT2D eigenvalue weighted by atomic mass is 10.1. The van der Waals surface area contributed by atoms with Crippen LogP contribution in [0.1, 0.15) is 21.6 Å². The molecule has 0 unspecified atom stereocenters. The van der Waals surface area contributed by atoms with Gasteiger partial charge in [0.2, 0.25) is 0 Å². The minimum absolute atomic E-state index is 0.112. The predicted molar refractivity (Wildman–Crippen MR) is 92.4 cm³/mol. The van der Waals surface area contributed by atoms with Gasteiger partial charge in [-0.15, -0.1) is 0 Å². The molecule has 0 radical (unpaired) electrons. The molecule has 1 aromatic heterocycles. The minimum atomic E-state index is -0.453. The number of rotatable bonds is 3. The number of aromatic nitrogens is 2. The van der Waals surface area contributed by atoms with Crippen molar-refractivity contribution in [3.8, 4) is 5.69 Å². The van der Waals surface area contributed by atoms with Crippen LogP contribution >= 0.6 is 11.6 Å². The highest BCUT2D eigenvalue weighted by Crippen LogP contribution is 2.25. The fraction of sp³-hybridized carbons (Fsp3) is 0.111. The summed E-state index contributed by atoms with van der Waals surface area (Å²) in [4.78, 5) is 12.6. The van der Waals surface area contributed by atoms with E-state index in [1.165, 1.54) is 47.1 Å². The van der Waals surface area contributed by atoms with Gasteiger partial charge in [-0.25, -0.2) is 13.5 Å². The molecule has 1 amide bonds. The van der Waals surface area contributed by atoms with Crippen molar-refractivity contribution in [3.05, 3.63) is 76.1 Å². The Kier molecular flexibility index (Phi) is 4.55. The lowest BCUT2D eigenvalue weighted by Gasteiger charge is -2.08. The molecule has 0 spiro atoms. The monoisotopic (exact) mass is 361 g/mol. The Morgan fingerprint density at radius 3 is 2.36 bits per heavy atom. The first kappa shape index (κ1) is 17.1. The number of hydrogen-bond acceptors (Lipinski definition) is 2. The van der Waals surface area contributed by atoms with Crippen LogP contribution in [-0.4, -0.2) is 15.7 Å². The zero-order chi connectivity index (χ0) is 18.1. The quantitative estimate of drug-likeness (QED) is 0.736. The molecule has 2 aromatic carbocycles. The van der Waals surface area contributed by atoms with E-state index >= 15 is 0 Å². The summed E-state index contributed by atoms with van der Waals surface area (Å²) >= 11 is 6.32. The maximum atomic E-state index is 13.2. The smallest absolute Gasteiger partial charge is 0.260 e. The highest BCUT2D eigenvalue weighted by molar-refractivity contribution is 6.34. The first-order valence-electron chi connectivity index (χ1n) is 7.45. The van der Waals surface area contributed by atoms with Crippen LogP contribution in [0, 0.1) is 25.5 Å². The maximum Gasteiger partial charge on any atom is 0.260 e. The second kappa shape index (κ2) is 6.64. The van der Waals surface area contributed by atoms with Crippen molar-refractivity contribution in [2.24, 2.45) is 0 Å². The molecule has 0 aliphatic rings. The van der Waals surface area contributed by atoms with E-state index in [0.717, 1.165) is 0 Å². The van der Waals surface area contributed by atoms with Crippen LogP contribution in [0.25, 0.3) is 5.69 Å². The largest absolute Gasteiger partial charge is 0.322 e. The Hall–Kier alpha value is -2.73. The number of nitrogens with one attached hydrogen (secondary N) is 1. The second-order valence-corrected chi connectivity index (χ2v) is 5.91. The summed E-state index contributed by atoms with van der Waals surface area (Å²) < 4.78 is 27.6. The molecule has 0 saturated heterocycles. The van der Waals surface area contributed by atoms with E-state index < -0.39 is 5.91 Å². The van der Waals surface area contributed by atoms with E-state index in [2.05, 4.69) is 10.4 Å². The first-order valence-corrected chi connectivity index (χ1v) is 7.83. The standard InChI is InChI=1S/C18H14ClF2N3O/c1-10-9-13(21)5-8-15(10)22-18(25)16-11(2)23-24(17(16)19)14-6-3-12(20)4-7-14/h3-9H,1-2H3,(H,22,25). The van der Waals surface area contributed by atoms with E-state index in [9.17, 15) is 13.6 Å². The SMILES string of the molecule is Cc1cc(F)ccc1NC(=O)c1c(C)nn(-c2ccc(F)cc2)c1Cl. The van der Waals surface area contributed by atoms with Gasteiger partial charge < -0.3 is 5.32 Å². The molecule has 128 valence electrons. The second-order valence-electron chi connectivity index (χ2n) is 5.55. The molecule has 3 rings (SSSR count). The van der Waals surface area contributed by atoms with Crippen molar-refractivity contribution in [1.82, 2.24) is 9.78 Å². The van der Waals surface area contributed by atoms with E-state index in [-0.39, 0.29) is 22.4 Å². The fourth-order valence-corrected chi connectivity index (χ4v) is 2.82. The van der Waals surface area contributed by atoms with Gasteiger partial charge in [-0.2, -0.15) is 5.10 Å². The van der Waals surface area contributed by atoms with E-state index in [0.29, 0.717) is 22.6 Å². The van der Waals surface area contributed by atoms with Crippen molar-refractivity contribution < 1.29 is 13.6 Å². The van der Waals surface area contributed by atoms with Gasteiger partial charge in [0.25, 0.3) is 5.91 Å². The molecule has 0 atom stereocenters. The number of anilines is 1. The summed E-state index contributed by atoms with van der Waals surface area (Å²) in [7, 11) is 0. The van der Waals surface area contributed by atoms with Gasteiger partial charge in [0.05, 0.1) is 11.4 Å². The molecule has 0 aliphatic carbocycles. The molecule has 7 heteroatoms. The Balaban J connectivity index is 1.94. The molecule has 0 aliphatic heterocycles. The summed E-state index contributed by atoms with van der Waals surface area (Å²) in [6.07, 6.45) is 0. The molecule has 3 aromatic rings. The Morgan fingerprint density at radius 1 is 1.08 bits per heavy atom. The number of nitrogens with zero attached hydrogens (tertiary/aromatic N) is 2. The normalized spacial score (nSPS) is 10.8. The van der Waals surface area contributed by atoms with Gasteiger partial charge in [0, 0.05) is 5.69 Å². The highest BCUT2D eigenvalue weighted by atomic mass is 35.5. The van der Waals surface area contributed by atoms with Crippen LogP contribution in [0.3, 0.4) is 0 Å². The minimum Gasteiger partial charge on any atom is -0.322 e. The molecule has 0 bridgehead atoms. The molecule has 25 heavy (non-hydrogen) atoms. The number of amides is 1. The van der Waals surface area contributed by atoms with Crippen LogP contribution in [-0.2, 0) is 0 Å². The van der Waals surface area contributed by atoms with Crippen molar-refractivity contribution in [2.75, 3.05) is 5.32 Å². The van der Waals surface area contributed by atoms with Gasteiger partial charge in [-0.3, -0.25) is 4.79 Å². The van der Waals surface area contributed by atoms with Gasteiger partial charge in [-0.1, -0.05) is 11.6 Å². The number of carbonyl (C=O) groups is 1.